The fraction of sp³-hybridized carbons (Fsp3) is 1.00. The van der Waals surface area contributed by atoms with E-state index in [1.54, 1.807) is 0 Å². The molecule has 1 unspecified atom stereocenters. The molecule has 0 saturated heterocycles. The van der Waals surface area contributed by atoms with Crippen LogP contribution in [0.1, 0.15) is 133 Å². The Morgan fingerprint density at radius 3 is 1.66 bits per heavy atom. The first-order valence-corrected chi connectivity index (χ1v) is 12.1. The first-order chi connectivity index (χ1) is 13.4. The SMILES string of the molecule is CCCCCC(C)(C)OOC1(OOC(C)(C)CCCCC)CC(C)(C)CCC1C. The van der Waals surface area contributed by atoms with Gasteiger partial charge < -0.3 is 0 Å². The van der Waals surface area contributed by atoms with Crippen LogP contribution in [0, 0.1) is 11.3 Å². The highest BCUT2D eigenvalue weighted by Gasteiger charge is 2.51. The van der Waals surface area contributed by atoms with Crippen LogP contribution in [0.3, 0.4) is 0 Å². The van der Waals surface area contributed by atoms with E-state index in [-0.39, 0.29) is 22.5 Å². The van der Waals surface area contributed by atoms with Gasteiger partial charge >= 0.3 is 0 Å². The molecule has 1 aliphatic carbocycles. The Balaban J connectivity index is 2.84. The van der Waals surface area contributed by atoms with Crippen molar-refractivity contribution >= 4 is 0 Å². The average molecular weight is 415 g/mol. The molecule has 1 saturated carbocycles. The summed E-state index contributed by atoms with van der Waals surface area (Å²) in [5.41, 5.74) is -0.565. The van der Waals surface area contributed by atoms with Crippen molar-refractivity contribution in [2.75, 3.05) is 0 Å². The topological polar surface area (TPSA) is 36.9 Å². The third-order valence-corrected chi connectivity index (χ3v) is 6.31. The van der Waals surface area contributed by atoms with Crippen LogP contribution in [0.5, 0.6) is 0 Å². The number of rotatable bonds is 14. The van der Waals surface area contributed by atoms with Gasteiger partial charge in [0, 0.05) is 12.3 Å². The summed E-state index contributed by atoms with van der Waals surface area (Å²) in [6, 6.07) is 0. The van der Waals surface area contributed by atoms with Crippen molar-refractivity contribution in [1.29, 1.82) is 0 Å². The second-order valence-corrected chi connectivity index (χ2v) is 11.4. The fourth-order valence-corrected chi connectivity index (χ4v) is 4.05. The van der Waals surface area contributed by atoms with Crippen LogP contribution in [0.15, 0.2) is 0 Å². The molecule has 1 fully saturated rings. The van der Waals surface area contributed by atoms with Gasteiger partial charge in [0.25, 0.3) is 0 Å². The van der Waals surface area contributed by atoms with E-state index in [4.69, 9.17) is 19.6 Å². The zero-order valence-corrected chi connectivity index (χ0v) is 21.0. The van der Waals surface area contributed by atoms with Crippen molar-refractivity contribution in [3.8, 4) is 0 Å². The highest BCUT2D eigenvalue weighted by molar-refractivity contribution is 4.89. The highest BCUT2D eigenvalue weighted by Crippen LogP contribution is 2.48. The van der Waals surface area contributed by atoms with Crippen LogP contribution in [0.2, 0.25) is 0 Å². The maximum absolute atomic E-state index is 6.19. The van der Waals surface area contributed by atoms with E-state index in [1.165, 1.54) is 25.7 Å². The maximum atomic E-state index is 6.19. The van der Waals surface area contributed by atoms with Crippen LogP contribution < -0.4 is 0 Å². The van der Waals surface area contributed by atoms with Gasteiger partial charge in [-0.2, -0.15) is 9.78 Å². The largest absolute Gasteiger partial charge is 0.237 e. The van der Waals surface area contributed by atoms with Gasteiger partial charge in [-0.05, 0) is 58.8 Å². The van der Waals surface area contributed by atoms with Gasteiger partial charge in [-0.3, -0.25) is 0 Å². The molecule has 0 aromatic heterocycles. The molecular weight excluding hydrogens is 364 g/mol. The Kier molecular flexibility index (Phi) is 10.6. The summed E-state index contributed by atoms with van der Waals surface area (Å²) in [4.78, 5) is 24.5. The van der Waals surface area contributed by atoms with E-state index >= 15 is 0 Å². The minimum Gasteiger partial charge on any atom is -0.228 e. The zero-order valence-electron chi connectivity index (χ0n) is 21.0. The van der Waals surface area contributed by atoms with Crippen molar-refractivity contribution in [3.05, 3.63) is 0 Å². The smallest absolute Gasteiger partial charge is 0.228 e. The molecule has 29 heavy (non-hydrogen) atoms. The van der Waals surface area contributed by atoms with E-state index in [2.05, 4.69) is 62.3 Å². The molecule has 0 heterocycles. The molecule has 0 N–H and O–H groups in total. The molecule has 1 atom stereocenters. The van der Waals surface area contributed by atoms with Gasteiger partial charge in [0.1, 0.15) is 0 Å². The van der Waals surface area contributed by atoms with Gasteiger partial charge in [-0.15, -0.1) is 0 Å². The predicted octanol–water partition coefficient (Wildman–Crippen LogP) is 8.14. The van der Waals surface area contributed by atoms with Gasteiger partial charge in [0.2, 0.25) is 5.79 Å². The summed E-state index contributed by atoms with van der Waals surface area (Å²) in [5.74, 6) is -0.667. The average Bonchev–Trinajstić information content (AvgIpc) is 2.62. The molecular formula is C25H50O4. The summed E-state index contributed by atoms with van der Waals surface area (Å²) >= 11 is 0. The maximum Gasteiger partial charge on any atom is 0.237 e. The monoisotopic (exact) mass is 414 g/mol. The van der Waals surface area contributed by atoms with Crippen LogP contribution in [-0.2, 0) is 19.6 Å². The Hall–Kier alpha value is -0.160. The minimum atomic E-state index is -0.869. The van der Waals surface area contributed by atoms with Crippen LogP contribution >= 0.6 is 0 Å². The molecule has 4 nitrogen and oxygen atoms in total. The van der Waals surface area contributed by atoms with Crippen molar-refractivity contribution in [2.45, 2.75) is 150 Å². The van der Waals surface area contributed by atoms with Crippen LogP contribution in [0.25, 0.3) is 0 Å². The third-order valence-electron chi connectivity index (χ3n) is 6.31. The minimum absolute atomic E-state index is 0.123. The summed E-state index contributed by atoms with van der Waals surface area (Å²) in [7, 11) is 0. The van der Waals surface area contributed by atoms with Crippen molar-refractivity contribution in [1.82, 2.24) is 0 Å². The van der Waals surface area contributed by atoms with Gasteiger partial charge in [-0.25, -0.2) is 9.78 Å². The predicted molar refractivity (Wildman–Crippen MR) is 120 cm³/mol. The van der Waals surface area contributed by atoms with Crippen LogP contribution in [0.4, 0.5) is 0 Å². The lowest BCUT2D eigenvalue weighted by molar-refractivity contribution is -0.561. The lowest BCUT2D eigenvalue weighted by atomic mass is 9.70. The van der Waals surface area contributed by atoms with E-state index in [0.29, 0.717) is 0 Å². The molecule has 0 aromatic rings. The van der Waals surface area contributed by atoms with Crippen LogP contribution in [-0.4, -0.2) is 17.0 Å². The standard InChI is InChI=1S/C25H50O4/c1-10-12-14-17-23(6,7)26-28-25(20-22(4,5)19-16-21(25)3)29-27-24(8,9)18-15-13-11-2/h21H,10-20H2,1-9H3. The van der Waals surface area contributed by atoms with E-state index in [9.17, 15) is 0 Å². The number of hydrogen-bond acceptors (Lipinski definition) is 4. The summed E-state index contributed by atoms with van der Waals surface area (Å²) in [5, 5.41) is 0. The highest BCUT2D eigenvalue weighted by atomic mass is 17.3. The van der Waals surface area contributed by atoms with E-state index in [1.807, 2.05) is 0 Å². The fourth-order valence-electron chi connectivity index (χ4n) is 4.05. The molecule has 4 heteroatoms. The Morgan fingerprint density at radius 2 is 1.24 bits per heavy atom. The lowest BCUT2D eigenvalue weighted by Crippen LogP contribution is -2.52. The van der Waals surface area contributed by atoms with Gasteiger partial charge in [0.15, 0.2) is 0 Å². The third kappa shape index (κ3) is 9.67. The molecule has 0 aromatic carbocycles. The summed E-state index contributed by atoms with van der Waals surface area (Å²) in [6.45, 7) is 19.6. The molecule has 1 aliphatic rings. The van der Waals surface area contributed by atoms with Crippen molar-refractivity contribution in [2.24, 2.45) is 11.3 Å². The summed E-state index contributed by atoms with van der Waals surface area (Å²) in [6.07, 6.45) is 12.0. The number of hydrogen-bond donors (Lipinski definition) is 0. The molecule has 0 spiro atoms. The molecule has 1 rings (SSSR count). The number of unbranched alkanes of at least 4 members (excludes halogenated alkanes) is 4. The Labute approximate surface area is 181 Å². The molecule has 0 amide bonds. The van der Waals surface area contributed by atoms with Gasteiger partial charge in [-0.1, -0.05) is 73.1 Å². The lowest BCUT2D eigenvalue weighted by Gasteiger charge is -2.47. The second kappa shape index (κ2) is 11.5. The normalized spacial score (nSPS) is 22.0. The molecule has 174 valence electrons. The van der Waals surface area contributed by atoms with Gasteiger partial charge in [0.05, 0.1) is 11.2 Å². The Bertz CT molecular complexity index is 430. The van der Waals surface area contributed by atoms with E-state index in [0.717, 1.165) is 44.9 Å². The molecule has 0 bridgehead atoms. The molecule has 0 radical (unpaired) electrons. The second-order valence-electron chi connectivity index (χ2n) is 11.4. The van der Waals surface area contributed by atoms with E-state index < -0.39 is 5.79 Å². The first kappa shape index (κ1) is 26.9. The van der Waals surface area contributed by atoms with Crippen molar-refractivity contribution in [3.63, 3.8) is 0 Å². The quantitative estimate of drug-likeness (QED) is 0.124. The van der Waals surface area contributed by atoms with Crippen molar-refractivity contribution < 1.29 is 19.6 Å². The summed E-state index contributed by atoms with van der Waals surface area (Å²) < 4.78 is 0. The first-order valence-electron chi connectivity index (χ1n) is 12.1. The zero-order chi connectivity index (χ0) is 22.2. The Morgan fingerprint density at radius 1 is 0.793 bits per heavy atom. The molecule has 0 aliphatic heterocycles.